The number of rotatable bonds is 4. The SMILES string of the molecule is COc1nc(NC2CCC3(CC2)COC3)nc2[nH]cc(-c3ccn4nccc4c3)c12. The Kier molecular flexibility index (Phi) is 3.95. The van der Waals surface area contributed by atoms with Crippen LogP contribution in [0.25, 0.3) is 27.7 Å². The fraction of sp³-hybridized carbons (Fsp3) is 0.409. The quantitative estimate of drug-likeness (QED) is 0.540. The first-order valence-electron chi connectivity index (χ1n) is 10.4. The fourth-order valence-electron chi connectivity index (χ4n) is 4.77. The van der Waals surface area contributed by atoms with E-state index in [9.17, 15) is 0 Å². The number of nitrogens with zero attached hydrogens (tertiary/aromatic N) is 4. The molecule has 0 amide bonds. The Morgan fingerprint density at radius 1 is 1.23 bits per heavy atom. The molecular formula is C22H24N6O2. The molecule has 154 valence electrons. The topological polar surface area (TPSA) is 89.4 Å². The monoisotopic (exact) mass is 404 g/mol. The van der Waals surface area contributed by atoms with Crippen molar-refractivity contribution in [2.45, 2.75) is 31.7 Å². The van der Waals surface area contributed by atoms with Crippen LogP contribution in [0.2, 0.25) is 0 Å². The Morgan fingerprint density at radius 3 is 2.87 bits per heavy atom. The molecule has 2 aliphatic rings. The van der Waals surface area contributed by atoms with Gasteiger partial charge in [-0.25, -0.2) is 4.52 Å². The maximum atomic E-state index is 5.66. The lowest BCUT2D eigenvalue weighted by molar-refractivity contribution is -0.131. The number of ether oxygens (including phenoxy) is 2. The normalized spacial score (nSPS) is 18.7. The van der Waals surface area contributed by atoms with Crippen LogP contribution in [0.3, 0.4) is 0 Å². The number of pyridine rings is 1. The minimum Gasteiger partial charge on any atom is -0.480 e. The summed E-state index contributed by atoms with van der Waals surface area (Å²) in [5.41, 5.74) is 4.32. The van der Waals surface area contributed by atoms with Crippen molar-refractivity contribution in [1.29, 1.82) is 0 Å². The van der Waals surface area contributed by atoms with Gasteiger partial charge in [0.25, 0.3) is 0 Å². The molecule has 30 heavy (non-hydrogen) atoms. The van der Waals surface area contributed by atoms with Gasteiger partial charge in [-0.05, 0) is 49.4 Å². The van der Waals surface area contributed by atoms with Crippen LogP contribution >= 0.6 is 0 Å². The summed E-state index contributed by atoms with van der Waals surface area (Å²) in [6.07, 6.45) is 10.4. The Balaban J connectivity index is 1.31. The van der Waals surface area contributed by atoms with Gasteiger partial charge in [0, 0.05) is 35.6 Å². The maximum absolute atomic E-state index is 5.66. The van der Waals surface area contributed by atoms with Gasteiger partial charge >= 0.3 is 0 Å². The molecule has 1 saturated carbocycles. The molecular weight excluding hydrogens is 380 g/mol. The summed E-state index contributed by atoms with van der Waals surface area (Å²) < 4.78 is 12.9. The van der Waals surface area contributed by atoms with Gasteiger partial charge in [0.15, 0.2) is 0 Å². The Hall–Kier alpha value is -3.13. The van der Waals surface area contributed by atoms with Crippen LogP contribution < -0.4 is 10.1 Å². The second kappa shape index (κ2) is 6.70. The predicted octanol–water partition coefficient (Wildman–Crippen LogP) is 3.65. The molecule has 1 aliphatic heterocycles. The van der Waals surface area contributed by atoms with E-state index in [0.717, 1.165) is 53.7 Å². The molecule has 5 heterocycles. The fourth-order valence-corrected chi connectivity index (χ4v) is 4.77. The van der Waals surface area contributed by atoms with Gasteiger partial charge in [0.2, 0.25) is 11.8 Å². The van der Waals surface area contributed by atoms with Crippen LogP contribution in [-0.4, -0.2) is 50.9 Å². The predicted molar refractivity (Wildman–Crippen MR) is 114 cm³/mol. The zero-order valence-corrected chi connectivity index (χ0v) is 16.9. The van der Waals surface area contributed by atoms with E-state index >= 15 is 0 Å². The van der Waals surface area contributed by atoms with Gasteiger partial charge in [-0.1, -0.05) is 0 Å². The molecule has 1 spiro atoms. The highest BCUT2D eigenvalue weighted by atomic mass is 16.5. The summed E-state index contributed by atoms with van der Waals surface area (Å²) in [5, 5.41) is 8.69. The average Bonchev–Trinajstić information content (AvgIpc) is 3.39. The van der Waals surface area contributed by atoms with Gasteiger partial charge in [-0.15, -0.1) is 0 Å². The van der Waals surface area contributed by atoms with Crippen molar-refractivity contribution >= 4 is 22.5 Å². The number of fused-ring (bicyclic) bond motifs is 2. The van der Waals surface area contributed by atoms with Crippen molar-refractivity contribution in [3.8, 4) is 17.0 Å². The number of methoxy groups -OCH3 is 1. The number of hydrogen-bond acceptors (Lipinski definition) is 6. The lowest BCUT2D eigenvalue weighted by Crippen LogP contribution is -2.47. The van der Waals surface area contributed by atoms with E-state index in [1.165, 1.54) is 12.8 Å². The summed E-state index contributed by atoms with van der Waals surface area (Å²) >= 11 is 0. The molecule has 2 fully saturated rings. The molecule has 0 unspecified atom stereocenters. The molecule has 2 N–H and O–H groups in total. The number of hydrogen-bond donors (Lipinski definition) is 2. The molecule has 1 saturated heterocycles. The van der Waals surface area contributed by atoms with E-state index in [0.29, 0.717) is 23.3 Å². The maximum Gasteiger partial charge on any atom is 0.228 e. The third-order valence-corrected chi connectivity index (χ3v) is 6.60. The van der Waals surface area contributed by atoms with E-state index in [1.54, 1.807) is 13.3 Å². The van der Waals surface area contributed by atoms with Crippen molar-refractivity contribution in [3.63, 3.8) is 0 Å². The van der Waals surface area contributed by atoms with E-state index < -0.39 is 0 Å². The van der Waals surface area contributed by atoms with E-state index in [1.807, 2.05) is 29.0 Å². The first-order chi connectivity index (χ1) is 14.7. The van der Waals surface area contributed by atoms with E-state index in [4.69, 9.17) is 14.5 Å². The molecule has 4 aromatic heterocycles. The summed E-state index contributed by atoms with van der Waals surface area (Å²) in [6, 6.07) is 6.51. The van der Waals surface area contributed by atoms with E-state index in [2.05, 4.69) is 26.4 Å². The van der Waals surface area contributed by atoms with Crippen LogP contribution in [0.5, 0.6) is 5.88 Å². The van der Waals surface area contributed by atoms with Crippen LogP contribution in [0.4, 0.5) is 5.95 Å². The molecule has 4 aromatic rings. The van der Waals surface area contributed by atoms with Crippen LogP contribution in [0.15, 0.2) is 36.8 Å². The molecule has 0 aromatic carbocycles. The highest BCUT2D eigenvalue weighted by molar-refractivity contribution is 5.98. The van der Waals surface area contributed by atoms with Gasteiger partial charge in [0.1, 0.15) is 5.65 Å². The van der Waals surface area contributed by atoms with Crippen LogP contribution in [0.1, 0.15) is 25.7 Å². The third-order valence-electron chi connectivity index (χ3n) is 6.60. The summed E-state index contributed by atoms with van der Waals surface area (Å²) in [4.78, 5) is 12.7. The average molecular weight is 404 g/mol. The number of aromatic amines is 1. The lowest BCUT2D eigenvalue weighted by Gasteiger charge is -2.46. The Bertz CT molecular complexity index is 1220. The third kappa shape index (κ3) is 2.82. The van der Waals surface area contributed by atoms with Crippen LogP contribution in [0, 0.1) is 5.41 Å². The molecule has 8 heteroatoms. The van der Waals surface area contributed by atoms with Crippen molar-refractivity contribution in [2.24, 2.45) is 5.41 Å². The zero-order chi connectivity index (χ0) is 20.1. The number of anilines is 1. The number of aromatic nitrogens is 5. The van der Waals surface area contributed by atoms with Crippen molar-refractivity contribution in [1.82, 2.24) is 24.6 Å². The number of nitrogens with one attached hydrogen (secondary N) is 2. The molecule has 1 aliphatic carbocycles. The van der Waals surface area contributed by atoms with Crippen LogP contribution in [-0.2, 0) is 4.74 Å². The Labute approximate surface area is 173 Å². The zero-order valence-electron chi connectivity index (χ0n) is 16.9. The van der Waals surface area contributed by atoms with E-state index in [-0.39, 0.29) is 0 Å². The van der Waals surface area contributed by atoms with Crippen molar-refractivity contribution in [3.05, 3.63) is 36.8 Å². The molecule has 6 rings (SSSR count). The smallest absolute Gasteiger partial charge is 0.228 e. The Morgan fingerprint density at radius 2 is 2.10 bits per heavy atom. The molecule has 0 bridgehead atoms. The van der Waals surface area contributed by atoms with Gasteiger partial charge < -0.3 is 19.8 Å². The second-order valence-corrected chi connectivity index (χ2v) is 8.51. The van der Waals surface area contributed by atoms with Gasteiger partial charge in [-0.3, -0.25) is 0 Å². The van der Waals surface area contributed by atoms with Crippen molar-refractivity contribution < 1.29 is 9.47 Å². The molecule has 8 nitrogen and oxygen atoms in total. The molecule has 0 atom stereocenters. The summed E-state index contributed by atoms with van der Waals surface area (Å²) in [7, 11) is 1.66. The van der Waals surface area contributed by atoms with Gasteiger partial charge in [-0.2, -0.15) is 15.1 Å². The first-order valence-corrected chi connectivity index (χ1v) is 10.4. The first kappa shape index (κ1) is 17.7. The lowest BCUT2D eigenvalue weighted by atomic mass is 9.71. The highest BCUT2D eigenvalue weighted by Crippen LogP contribution is 2.43. The minimum absolute atomic E-state index is 0.386. The second-order valence-electron chi connectivity index (χ2n) is 8.51. The highest BCUT2D eigenvalue weighted by Gasteiger charge is 2.41. The minimum atomic E-state index is 0.386. The standard InChI is InChI=1S/C22H24N6O2/c1-29-20-18-17(14-5-9-28-16(10-14)4-8-24-28)11-23-19(18)26-21(27-20)25-15-2-6-22(7-3-15)12-30-13-22/h4-5,8-11,15H,2-3,6-7,12-13H2,1H3,(H2,23,25,26,27). The number of H-pyrrole nitrogens is 1. The van der Waals surface area contributed by atoms with Crippen molar-refractivity contribution in [2.75, 3.05) is 25.6 Å². The summed E-state index contributed by atoms with van der Waals surface area (Å²) in [5.74, 6) is 1.19. The summed E-state index contributed by atoms with van der Waals surface area (Å²) in [6.45, 7) is 1.85. The molecule has 0 radical (unpaired) electrons. The largest absolute Gasteiger partial charge is 0.480 e. The van der Waals surface area contributed by atoms with Gasteiger partial charge in [0.05, 0.1) is 31.2 Å².